The van der Waals surface area contributed by atoms with Crippen molar-refractivity contribution < 1.29 is 19.5 Å². The van der Waals surface area contributed by atoms with Gasteiger partial charge < -0.3 is 19.8 Å². The number of fused-ring (bicyclic) bond motifs is 1. The van der Waals surface area contributed by atoms with Crippen molar-refractivity contribution in [2.75, 3.05) is 31.6 Å². The maximum absolute atomic E-state index is 14.8. The largest absolute Gasteiger partial charge is 0.394 e. The van der Waals surface area contributed by atoms with E-state index in [0.29, 0.717) is 25.9 Å². The van der Waals surface area contributed by atoms with Crippen LogP contribution >= 0.6 is 11.8 Å². The van der Waals surface area contributed by atoms with Crippen LogP contribution in [-0.2, 0) is 14.4 Å². The van der Waals surface area contributed by atoms with Gasteiger partial charge in [-0.25, -0.2) is 0 Å². The van der Waals surface area contributed by atoms with Gasteiger partial charge in [0.25, 0.3) is 5.91 Å². The van der Waals surface area contributed by atoms with Gasteiger partial charge in [0.1, 0.15) is 6.04 Å². The summed E-state index contributed by atoms with van der Waals surface area (Å²) in [7, 11) is 1.75. The molecule has 1 N–H and O–H groups in total. The first-order valence-electron chi connectivity index (χ1n) is 14.0. The molecule has 3 aliphatic heterocycles. The molecule has 1 spiro atoms. The van der Waals surface area contributed by atoms with Crippen molar-refractivity contribution in [2.24, 2.45) is 17.8 Å². The zero-order valence-corrected chi connectivity index (χ0v) is 24.7. The van der Waals surface area contributed by atoms with Crippen molar-refractivity contribution in [2.45, 2.75) is 69.0 Å². The van der Waals surface area contributed by atoms with Crippen molar-refractivity contribution >= 4 is 35.2 Å². The second-order valence-electron chi connectivity index (χ2n) is 11.8. The van der Waals surface area contributed by atoms with Gasteiger partial charge in [0.2, 0.25) is 11.8 Å². The molecule has 0 aromatic heterocycles. The van der Waals surface area contributed by atoms with Crippen LogP contribution in [0, 0.1) is 31.6 Å². The number of aryl methyl sites for hydroxylation is 2. The topological polar surface area (TPSA) is 81.2 Å². The number of likely N-dealkylation sites (N-methyl/N-ethyl adjacent to an activating group) is 1. The molecule has 0 saturated carbocycles. The Morgan fingerprint density at radius 1 is 1.18 bits per heavy atom. The lowest BCUT2D eigenvalue weighted by Crippen LogP contribution is -2.58. The van der Waals surface area contributed by atoms with E-state index in [1.165, 1.54) is 0 Å². The van der Waals surface area contributed by atoms with Crippen LogP contribution in [0.25, 0.3) is 0 Å². The molecule has 212 valence electrons. The quantitative estimate of drug-likeness (QED) is 0.420. The van der Waals surface area contributed by atoms with Gasteiger partial charge in [0.05, 0.1) is 29.2 Å². The molecule has 3 fully saturated rings. The van der Waals surface area contributed by atoms with E-state index in [-0.39, 0.29) is 35.5 Å². The summed E-state index contributed by atoms with van der Waals surface area (Å²) >= 11 is 1.66. The molecular formula is C31H43N3O4S. The lowest BCUT2D eigenvalue weighted by molar-refractivity contribution is -0.145. The number of aliphatic hydroxyl groups excluding tert-OH is 1. The molecule has 3 aliphatic rings. The van der Waals surface area contributed by atoms with Gasteiger partial charge >= 0.3 is 0 Å². The predicted molar refractivity (Wildman–Crippen MR) is 158 cm³/mol. The number of amides is 3. The van der Waals surface area contributed by atoms with Crippen LogP contribution < -0.4 is 4.90 Å². The average molecular weight is 554 g/mol. The Morgan fingerprint density at radius 2 is 1.82 bits per heavy atom. The molecular weight excluding hydrogens is 510 g/mol. The Morgan fingerprint density at radius 3 is 2.38 bits per heavy atom. The Balaban J connectivity index is 1.86. The SMILES string of the molecule is C=CCN(C)C(=O)[C@@H]1[C@@H]2CCC3(S2)C(C(=O)N(CC=C)c2c(C)cccc2C)N([C@@H](CO)CC(C)C)C(=O)[C@H]13. The van der Waals surface area contributed by atoms with Gasteiger partial charge in [-0.15, -0.1) is 24.9 Å². The van der Waals surface area contributed by atoms with Crippen LogP contribution in [0.15, 0.2) is 43.5 Å². The molecule has 39 heavy (non-hydrogen) atoms. The first kappa shape index (κ1) is 29.4. The Kier molecular flexibility index (Phi) is 8.67. The smallest absolute Gasteiger partial charge is 0.251 e. The third-order valence-corrected chi connectivity index (χ3v) is 10.6. The second kappa shape index (κ2) is 11.5. The molecule has 2 unspecified atom stereocenters. The van der Waals surface area contributed by atoms with Gasteiger partial charge in [-0.1, -0.05) is 44.2 Å². The normalized spacial score (nSPS) is 28.0. The molecule has 0 aliphatic carbocycles. The number of anilines is 1. The fraction of sp³-hybridized carbons (Fsp3) is 0.581. The van der Waals surface area contributed by atoms with Crippen molar-refractivity contribution in [1.29, 1.82) is 0 Å². The first-order chi connectivity index (χ1) is 18.5. The fourth-order valence-corrected chi connectivity index (χ4v) is 9.40. The van der Waals surface area contributed by atoms with Crippen molar-refractivity contribution in [3.05, 3.63) is 54.6 Å². The highest BCUT2D eigenvalue weighted by molar-refractivity contribution is 8.02. The molecule has 2 bridgehead atoms. The molecule has 1 aromatic carbocycles. The van der Waals surface area contributed by atoms with Crippen LogP contribution in [0.2, 0.25) is 0 Å². The molecule has 3 saturated heterocycles. The number of nitrogens with zero attached hydrogens (tertiary/aromatic N) is 3. The number of thioether (sulfide) groups is 1. The summed E-state index contributed by atoms with van der Waals surface area (Å²) in [6.07, 6.45) is 5.44. The predicted octanol–water partition coefficient (Wildman–Crippen LogP) is 3.97. The van der Waals surface area contributed by atoms with Crippen LogP contribution in [0.3, 0.4) is 0 Å². The van der Waals surface area contributed by atoms with E-state index in [2.05, 4.69) is 27.0 Å². The van der Waals surface area contributed by atoms with Crippen molar-refractivity contribution in [3.63, 3.8) is 0 Å². The zero-order valence-electron chi connectivity index (χ0n) is 23.9. The minimum absolute atomic E-state index is 0.0121. The van der Waals surface area contributed by atoms with Gasteiger partial charge in [-0.05, 0) is 50.2 Å². The molecule has 3 amide bonds. The summed E-state index contributed by atoms with van der Waals surface area (Å²) < 4.78 is -0.714. The number of likely N-dealkylation sites (tertiary alicyclic amines) is 1. The summed E-state index contributed by atoms with van der Waals surface area (Å²) in [5, 5.41) is 10.5. The zero-order chi connectivity index (χ0) is 28.6. The number of para-hydroxylation sites is 1. The average Bonchev–Trinajstić information content (AvgIpc) is 3.53. The highest BCUT2D eigenvalue weighted by Gasteiger charge is 2.74. The Hall–Kier alpha value is -2.58. The maximum Gasteiger partial charge on any atom is 0.251 e. The van der Waals surface area contributed by atoms with Crippen LogP contribution in [-0.4, -0.2) is 81.5 Å². The van der Waals surface area contributed by atoms with E-state index in [1.807, 2.05) is 32.0 Å². The molecule has 6 atom stereocenters. The minimum Gasteiger partial charge on any atom is -0.394 e. The van der Waals surface area contributed by atoms with Crippen molar-refractivity contribution in [1.82, 2.24) is 9.80 Å². The van der Waals surface area contributed by atoms with Crippen LogP contribution in [0.1, 0.15) is 44.2 Å². The van der Waals surface area contributed by atoms with Crippen LogP contribution in [0.5, 0.6) is 0 Å². The molecule has 3 heterocycles. The molecule has 7 nitrogen and oxygen atoms in total. The monoisotopic (exact) mass is 553 g/mol. The van der Waals surface area contributed by atoms with E-state index >= 15 is 0 Å². The highest BCUT2D eigenvalue weighted by atomic mass is 32.2. The number of benzene rings is 1. The van der Waals surface area contributed by atoms with Crippen molar-refractivity contribution in [3.8, 4) is 0 Å². The summed E-state index contributed by atoms with van der Waals surface area (Å²) in [6, 6.07) is 4.66. The van der Waals surface area contributed by atoms with Gasteiger partial charge in [-0.2, -0.15) is 0 Å². The lowest BCUT2D eigenvalue weighted by atomic mass is 9.70. The summed E-state index contributed by atoms with van der Waals surface area (Å²) in [5.41, 5.74) is 2.77. The van der Waals surface area contributed by atoms with Gasteiger partial charge in [0, 0.05) is 31.1 Å². The summed E-state index contributed by atoms with van der Waals surface area (Å²) in [4.78, 5) is 48.0. The third kappa shape index (κ3) is 4.84. The molecule has 0 radical (unpaired) electrons. The Bertz CT molecular complexity index is 1130. The van der Waals surface area contributed by atoms with Gasteiger partial charge in [-0.3, -0.25) is 14.4 Å². The number of aliphatic hydroxyl groups is 1. The van der Waals surface area contributed by atoms with Crippen LogP contribution in [0.4, 0.5) is 5.69 Å². The van der Waals surface area contributed by atoms with Gasteiger partial charge in [0.15, 0.2) is 0 Å². The molecule has 1 aromatic rings. The standard InChI is InChI=1S/C31H43N3O4S/c1-8-15-32(7)28(36)24-23-13-14-31(39-23)25(24)29(37)34(22(18-35)17-19(3)4)27(31)30(38)33(16-9-2)26-20(5)11-10-12-21(26)6/h8-12,19,22-25,27,35H,1-2,13-18H2,3-7H3/t22-,23+,24-,25+,27?,31?/m1/s1. The number of carbonyl (C=O) groups is 3. The minimum atomic E-state index is -0.776. The molecule has 4 rings (SSSR count). The summed E-state index contributed by atoms with van der Waals surface area (Å²) in [6.45, 7) is 16.2. The highest BCUT2D eigenvalue weighted by Crippen LogP contribution is 2.67. The number of hydrogen-bond acceptors (Lipinski definition) is 5. The van der Waals surface area contributed by atoms with E-state index < -0.39 is 28.7 Å². The maximum atomic E-state index is 14.8. The number of rotatable bonds is 11. The summed E-state index contributed by atoms with van der Waals surface area (Å²) in [5.74, 6) is -1.28. The molecule has 8 heteroatoms. The second-order valence-corrected chi connectivity index (χ2v) is 13.4. The number of hydrogen-bond donors (Lipinski definition) is 1. The number of carbonyl (C=O) groups excluding carboxylic acids is 3. The van der Waals surface area contributed by atoms with E-state index in [0.717, 1.165) is 23.2 Å². The van der Waals surface area contributed by atoms with E-state index in [9.17, 15) is 19.5 Å². The third-order valence-electron chi connectivity index (χ3n) is 8.67. The lowest BCUT2D eigenvalue weighted by Gasteiger charge is -2.40. The Labute approximate surface area is 237 Å². The fourth-order valence-electron chi connectivity index (χ4n) is 7.20. The van der Waals surface area contributed by atoms with E-state index in [1.54, 1.807) is 45.7 Å². The van der Waals surface area contributed by atoms with E-state index in [4.69, 9.17) is 0 Å². The first-order valence-corrected chi connectivity index (χ1v) is 14.9.